The Labute approximate surface area is 178 Å². The predicted octanol–water partition coefficient (Wildman–Crippen LogP) is 3.97. The third-order valence-electron chi connectivity index (χ3n) is 5.12. The van der Waals surface area contributed by atoms with Gasteiger partial charge in [-0.25, -0.2) is 0 Å². The summed E-state index contributed by atoms with van der Waals surface area (Å²) in [7, 11) is 0. The molecule has 2 amide bonds. The van der Waals surface area contributed by atoms with Gasteiger partial charge in [-0.15, -0.1) is 0 Å². The van der Waals surface area contributed by atoms with E-state index in [0.29, 0.717) is 37.5 Å². The van der Waals surface area contributed by atoms with E-state index in [0.717, 1.165) is 15.2 Å². The van der Waals surface area contributed by atoms with Gasteiger partial charge in [-0.05, 0) is 44.9 Å². The summed E-state index contributed by atoms with van der Waals surface area (Å²) in [6.07, 6.45) is 0. The van der Waals surface area contributed by atoms with Crippen LogP contribution in [-0.4, -0.2) is 54.4 Å². The highest BCUT2D eigenvalue weighted by atomic mass is 79.9. The van der Waals surface area contributed by atoms with E-state index < -0.39 is 0 Å². The highest BCUT2D eigenvalue weighted by Gasteiger charge is 2.25. The van der Waals surface area contributed by atoms with Gasteiger partial charge in [0.05, 0.1) is 4.47 Å². The molecule has 6 heteroatoms. The monoisotopic (exact) mass is 452 g/mol. The number of fused-ring (bicyclic) bond motifs is 1. The lowest BCUT2D eigenvalue weighted by atomic mass is 10.1. The molecule has 0 spiro atoms. The number of carbonyl (C=O) groups excluding carboxylic acids is 2. The molecule has 1 saturated heterocycles. The van der Waals surface area contributed by atoms with E-state index in [1.807, 2.05) is 66.7 Å². The summed E-state index contributed by atoms with van der Waals surface area (Å²) in [4.78, 5) is 28.6. The zero-order valence-electron chi connectivity index (χ0n) is 15.9. The quantitative estimate of drug-likeness (QED) is 0.601. The van der Waals surface area contributed by atoms with Crippen LogP contribution in [0.1, 0.15) is 10.4 Å². The number of nitrogens with zero attached hydrogens (tertiary/aromatic N) is 2. The molecule has 0 saturated carbocycles. The summed E-state index contributed by atoms with van der Waals surface area (Å²) in [6.45, 7) is 2.06. The SMILES string of the molecule is O=C(COc1ccc2ccccc2c1Br)N1CCN(C(=O)c2ccccc2)CC1. The van der Waals surface area contributed by atoms with Crippen LogP contribution in [0.5, 0.6) is 5.75 Å². The number of benzene rings is 3. The highest BCUT2D eigenvalue weighted by molar-refractivity contribution is 9.10. The molecule has 4 rings (SSSR count). The average molecular weight is 453 g/mol. The molecule has 0 bridgehead atoms. The van der Waals surface area contributed by atoms with Gasteiger partial charge in [-0.3, -0.25) is 9.59 Å². The third kappa shape index (κ3) is 4.27. The molecule has 1 fully saturated rings. The Bertz CT molecular complexity index is 1030. The largest absolute Gasteiger partial charge is 0.483 e. The Morgan fingerprint density at radius 1 is 0.828 bits per heavy atom. The zero-order chi connectivity index (χ0) is 20.2. The Morgan fingerprint density at radius 2 is 1.48 bits per heavy atom. The number of ether oxygens (including phenoxy) is 1. The fourth-order valence-corrected chi connectivity index (χ4v) is 4.09. The van der Waals surface area contributed by atoms with E-state index in [1.54, 1.807) is 9.80 Å². The van der Waals surface area contributed by atoms with Gasteiger partial charge in [0.1, 0.15) is 5.75 Å². The Balaban J connectivity index is 1.32. The summed E-state index contributed by atoms with van der Waals surface area (Å²) in [5.74, 6) is 0.584. The van der Waals surface area contributed by atoms with Crippen LogP contribution in [0.2, 0.25) is 0 Å². The van der Waals surface area contributed by atoms with Gasteiger partial charge in [0.2, 0.25) is 0 Å². The Kier molecular flexibility index (Phi) is 5.81. The first kappa shape index (κ1) is 19.5. The minimum atomic E-state index is -0.0723. The molecule has 1 aliphatic rings. The summed E-state index contributed by atoms with van der Waals surface area (Å²) in [6, 6.07) is 21.1. The topological polar surface area (TPSA) is 49.9 Å². The van der Waals surface area contributed by atoms with Crippen molar-refractivity contribution in [1.29, 1.82) is 0 Å². The number of amides is 2. The maximum Gasteiger partial charge on any atom is 0.260 e. The molecule has 0 atom stereocenters. The van der Waals surface area contributed by atoms with Crippen LogP contribution in [0.3, 0.4) is 0 Å². The van der Waals surface area contributed by atoms with Gasteiger partial charge in [0, 0.05) is 31.7 Å². The molecular weight excluding hydrogens is 432 g/mol. The van der Waals surface area contributed by atoms with Crippen LogP contribution in [0.15, 0.2) is 71.2 Å². The molecule has 148 valence electrons. The van der Waals surface area contributed by atoms with Crippen molar-refractivity contribution >= 4 is 38.5 Å². The number of hydrogen-bond donors (Lipinski definition) is 0. The van der Waals surface area contributed by atoms with Crippen molar-refractivity contribution in [1.82, 2.24) is 9.80 Å². The third-order valence-corrected chi connectivity index (χ3v) is 5.94. The normalized spacial score (nSPS) is 14.1. The second kappa shape index (κ2) is 8.66. The van der Waals surface area contributed by atoms with Crippen LogP contribution < -0.4 is 4.74 Å². The molecule has 5 nitrogen and oxygen atoms in total. The molecule has 3 aromatic rings. The zero-order valence-corrected chi connectivity index (χ0v) is 17.5. The first-order valence-electron chi connectivity index (χ1n) is 9.55. The number of piperazine rings is 1. The lowest BCUT2D eigenvalue weighted by molar-refractivity contribution is -0.134. The number of hydrogen-bond acceptors (Lipinski definition) is 3. The van der Waals surface area contributed by atoms with Crippen LogP contribution in [-0.2, 0) is 4.79 Å². The van der Waals surface area contributed by atoms with E-state index >= 15 is 0 Å². The van der Waals surface area contributed by atoms with E-state index in [-0.39, 0.29) is 18.4 Å². The summed E-state index contributed by atoms with van der Waals surface area (Å²) in [5.41, 5.74) is 0.678. The van der Waals surface area contributed by atoms with Crippen molar-refractivity contribution in [2.45, 2.75) is 0 Å². The summed E-state index contributed by atoms with van der Waals surface area (Å²) in [5, 5.41) is 2.16. The number of halogens is 1. The maximum atomic E-state index is 12.6. The van der Waals surface area contributed by atoms with Gasteiger partial charge in [-0.1, -0.05) is 48.5 Å². The smallest absolute Gasteiger partial charge is 0.260 e. The molecule has 1 heterocycles. The molecule has 0 N–H and O–H groups in total. The van der Waals surface area contributed by atoms with Gasteiger partial charge in [0.15, 0.2) is 6.61 Å². The number of rotatable bonds is 4. The predicted molar refractivity (Wildman–Crippen MR) is 116 cm³/mol. The van der Waals surface area contributed by atoms with E-state index in [1.165, 1.54) is 0 Å². The number of carbonyl (C=O) groups is 2. The minimum absolute atomic E-state index is 0.00837. The highest BCUT2D eigenvalue weighted by Crippen LogP contribution is 2.33. The van der Waals surface area contributed by atoms with Crippen LogP contribution in [0, 0.1) is 0 Å². The molecule has 0 aliphatic carbocycles. The maximum absolute atomic E-state index is 12.6. The molecule has 1 aliphatic heterocycles. The standard InChI is InChI=1S/C23H21BrN2O3/c24-22-19-9-5-4-6-17(19)10-11-20(22)29-16-21(27)25-12-14-26(15-13-25)23(28)18-7-2-1-3-8-18/h1-11H,12-16H2. The van der Waals surface area contributed by atoms with Gasteiger partial charge in [-0.2, -0.15) is 0 Å². The lowest BCUT2D eigenvalue weighted by Gasteiger charge is -2.34. The van der Waals surface area contributed by atoms with E-state index in [2.05, 4.69) is 15.9 Å². The lowest BCUT2D eigenvalue weighted by Crippen LogP contribution is -2.51. The van der Waals surface area contributed by atoms with E-state index in [4.69, 9.17) is 4.74 Å². The molecule has 0 unspecified atom stereocenters. The first-order chi connectivity index (χ1) is 14.1. The minimum Gasteiger partial charge on any atom is -0.483 e. The van der Waals surface area contributed by atoms with Crippen LogP contribution in [0.25, 0.3) is 10.8 Å². The van der Waals surface area contributed by atoms with Crippen molar-refractivity contribution < 1.29 is 14.3 Å². The van der Waals surface area contributed by atoms with Crippen LogP contribution in [0.4, 0.5) is 0 Å². The average Bonchev–Trinajstić information content (AvgIpc) is 2.79. The second-order valence-corrected chi connectivity index (χ2v) is 7.72. The van der Waals surface area contributed by atoms with Crippen molar-refractivity contribution in [2.24, 2.45) is 0 Å². The summed E-state index contributed by atoms with van der Waals surface area (Å²) < 4.78 is 6.63. The van der Waals surface area contributed by atoms with Gasteiger partial charge in [0.25, 0.3) is 11.8 Å². The molecular formula is C23H21BrN2O3. The van der Waals surface area contributed by atoms with Gasteiger partial charge >= 0.3 is 0 Å². The molecule has 29 heavy (non-hydrogen) atoms. The van der Waals surface area contributed by atoms with E-state index in [9.17, 15) is 9.59 Å². The Hall–Kier alpha value is -2.86. The molecule has 0 aromatic heterocycles. The fourth-order valence-electron chi connectivity index (χ4n) is 3.48. The van der Waals surface area contributed by atoms with Crippen LogP contribution >= 0.6 is 15.9 Å². The first-order valence-corrected chi connectivity index (χ1v) is 10.3. The van der Waals surface area contributed by atoms with Gasteiger partial charge < -0.3 is 14.5 Å². The van der Waals surface area contributed by atoms with Crippen molar-refractivity contribution in [3.8, 4) is 5.75 Å². The Morgan fingerprint density at radius 3 is 2.24 bits per heavy atom. The van der Waals surface area contributed by atoms with Crippen molar-refractivity contribution in [2.75, 3.05) is 32.8 Å². The summed E-state index contributed by atoms with van der Waals surface area (Å²) >= 11 is 3.58. The van der Waals surface area contributed by atoms with Crippen molar-refractivity contribution in [3.05, 3.63) is 76.8 Å². The second-order valence-electron chi connectivity index (χ2n) is 6.93. The molecule has 3 aromatic carbocycles. The van der Waals surface area contributed by atoms with Crippen molar-refractivity contribution in [3.63, 3.8) is 0 Å². The fraction of sp³-hybridized carbons (Fsp3) is 0.217. The molecule has 0 radical (unpaired) electrons.